The maximum absolute atomic E-state index is 14.3. The normalized spacial score (nSPS) is 22.7. The molecule has 3 fully saturated rings. The summed E-state index contributed by atoms with van der Waals surface area (Å²) in [6, 6.07) is 21.3. The average Bonchev–Trinajstić information content (AvgIpc) is 3.48. The van der Waals surface area contributed by atoms with Crippen molar-refractivity contribution in [2.75, 3.05) is 19.4 Å². The number of hydrogen-bond acceptors (Lipinski definition) is 8. The Balaban J connectivity index is 1.18. The van der Waals surface area contributed by atoms with Crippen molar-refractivity contribution in [2.45, 2.75) is 101 Å². The maximum atomic E-state index is 14.3. The van der Waals surface area contributed by atoms with Crippen LogP contribution >= 0.6 is 11.8 Å². The van der Waals surface area contributed by atoms with Crippen molar-refractivity contribution >= 4 is 41.4 Å². The van der Waals surface area contributed by atoms with Crippen LogP contribution in [0.2, 0.25) is 0 Å². The number of nitrogens with one attached hydrogen (secondary N) is 2. The molecule has 2 aromatic carbocycles. The number of carbonyl (C=O) groups is 5. The summed E-state index contributed by atoms with van der Waals surface area (Å²) in [5.74, 6) is -1.57. The van der Waals surface area contributed by atoms with Crippen LogP contribution in [0.3, 0.4) is 0 Å². The number of hydrogen-bond donors (Lipinski definition) is 2. The first-order valence-corrected chi connectivity index (χ1v) is 20.7. The molecular formula is C43H53N5O6S. The maximum Gasteiger partial charge on any atom is 0.328 e. The minimum absolute atomic E-state index is 0.0916. The zero-order valence-electron chi connectivity index (χ0n) is 31.6. The third-order valence-electron chi connectivity index (χ3n) is 11.1. The van der Waals surface area contributed by atoms with E-state index in [1.165, 1.54) is 7.11 Å². The molecule has 12 heteroatoms. The summed E-state index contributed by atoms with van der Waals surface area (Å²) < 4.78 is 5.07. The van der Waals surface area contributed by atoms with E-state index in [9.17, 15) is 24.0 Å². The van der Waals surface area contributed by atoms with Gasteiger partial charge in [-0.25, -0.2) is 4.79 Å². The number of rotatable bonds is 14. The highest BCUT2D eigenvalue weighted by atomic mass is 32.2. The predicted octanol–water partition coefficient (Wildman–Crippen LogP) is 5.08. The number of esters is 1. The van der Waals surface area contributed by atoms with Gasteiger partial charge in [0, 0.05) is 37.3 Å². The number of carbonyl (C=O) groups excluding carboxylic acids is 5. The van der Waals surface area contributed by atoms with Crippen molar-refractivity contribution in [2.24, 2.45) is 11.8 Å². The molecule has 3 aliphatic heterocycles. The summed E-state index contributed by atoms with van der Waals surface area (Å²) in [7, 11) is 1.34. The second kappa shape index (κ2) is 19.7. The van der Waals surface area contributed by atoms with Crippen LogP contribution in [0.25, 0.3) is 0 Å². The lowest BCUT2D eigenvalue weighted by molar-refractivity contribution is -0.156. The van der Waals surface area contributed by atoms with Gasteiger partial charge in [-0.1, -0.05) is 66.7 Å². The van der Waals surface area contributed by atoms with E-state index in [1.807, 2.05) is 77.7 Å². The van der Waals surface area contributed by atoms with E-state index in [2.05, 4.69) is 15.6 Å². The molecule has 11 nitrogen and oxygen atoms in total. The zero-order chi connectivity index (χ0) is 38.6. The minimum atomic E-state index is -0.771. The molecule has 4 heterocycles. The fourth-order valence-electron chi connectivity index (χ4n) is 8.09. The Morgan fingerprint density at radius 2 is 1.38 bits per heavy atom. The van der Waals surface area contributed by atoms with Crippen molar-refractivity contribution in [1.29, 1.82) is 0 Å². The van der Waals surface area contributed by atoms with Crippen molar-refractivity contribution < 1.29 is 28.7 Å². The van der Waals surface area contributed by atoms with E-state index in [0.717, 1.165) is 42.4 Å². The monoisotopic (exact) mass is 767 g/mol. The molecule has 6 unspecified atom stereocenters. The van der Waals surface area contributed by atoms with Gasteiger partial charge >= 0.3 is 5.97 Å². The number of amides is 4. The SMILES string of the molecule is COC(=O)C1CCCC2SCCC(NC(=O)C(CCC(Cc3ccccc3)C(=O)NC3CCCCN(Cc4cccnc4)C3=O)Cc3ccccc3)C(=O)N21. The molecule has 3 aromatic rings. The van der Waals surface area contributed by atoms with Crippen LogP contribution in [0.15, 0.2) is 85.2 Å². The summed E-state index contributed by atoms with van der Waals surface area (Å²) in [4.78, 5) is 76.8. The van der Waals surface area contributed by atoms with Crippen molar-refractivity contribution in [3.05, 3.63) is 102 Å². The Hall–Kier alpha value is -4.71. The Labute approximate surface area is 328 Å². The molecule has 0 bridgehead atoms. The van der Waals surface area contributed by atoms with Crippen LogP contribution in [-0.4, -0.2) is 87.3 Å². The molecule has 292 valence electrons. The number of ether oxygens (including phenoxy) is 1. The highest BCUT2D eigenvalue weighted by molar-refractivity contribution is 7.99. The number of methoxy groups -OCH3 is 1. The lowest BCUT2D eigenvalue weighted by atomic mass is 9.86. The molecule has 6 atom stereocenters. The Morgan fingerprint density at radius 1 is 0.764 bits per heavy atom. The first kappa shape index (κ1) is 40.0. The highest BCUT2D eigenvalue weighted by Crippen LogP contribution is 2.35. The van der Waals surface area contributed by atoms with Crippen LogP contribution in [-0.2, 0) is 48.1 Å². The van der Waals surface area contributed by atoms with Crippen molar-refractivity contribution in [3.8, 4) is 0 Å². The fraction of sp³-hybridized carbons (Fsp3) is 0.488. The molecule has 55 heavy (non-hydrogen) atoms. The van der Waals surface area contributed by atoms with Gasteiger partial charge in [0.2, 0.25) is 23.6 Å². The molecule has 2 N–H and O–H groups in total. The topological polar surface area (TPSA) is 138 Å². The number of likely N-dealkylation sites (tertiary alicyclic amines) is 1. The quantitative estimate of drug-likeness (QED) is 0.217. The van der Waals surface area contributed by atoms with E-state index in [-0.39, 0.29) is 29.0 Å². The largest absolute Gasteiger partial charge is 0.467 e. The number of piperidine rings is 1. The molecule has 0 aliphatic carbocycles. The Morgan fingerprint density at radius 3 is 1.98 bits per heavy atom. The molecular weight excluding hydrogens is 715 g/mol. The number of aromatic nitrogens is 1. The van der Waals surface area contributed by atoms with E-state index in [1.54, 1.807) is 29.1 Å². The fourth-order valence-corrected chi connectivity index (χ4v) is 9.48. The van der Waals surface area contributed by atoms with Crippen LogP contribution in [0.4, 0.5) is 0 Å². The molecule has 6 rings (SSSR count). The summed E-state index contributed by atoms with van der Waals surface area (Å²) in [5.41, 5.74) is 2.92. The van der Waals surface area contributed by atoms with E-state index in [0.29, 0.717) is 63.8 Å². The van der Waals surface area contributed by atoms with Crippen LogP contribution in [0, 0.1) is 11.8 Å². The van der Waals surface area contributed by atoms with Crippen molar-refractivity contribution in [1.82, 2.24) is 25.4 Å². The van der Waals surface area contributed by atoms with Crippen LogP contribution in [0.1, 0.15) is 74.5 Å². The van der Waals surface area contributed by atoms with Gasteiger partial charge in [-0.15, -0.1) is 11.8 Å². The number of benzene rings is 2. The zero-order valence-corrected chi connectivity index (χ0v) is 32.5. The molecule has 3 saturated heterocycles. The predicted molar refractivity (Wildman–Crippen MR) is 211 cm³/mol. The van der Waals surface area contributed by atoms with Crippen LogP contribution < -0.4 is 10.6 Å². The first-order valence-electron chi connectivity index (χ1n) is 19.7. The number of fused-ring (bicyclic) bond motifs is 1. The lowest BCUT2D eigenvalue weighted by Gasteiger charge is -2.40. The lowest BCUT2D eigenvalue weighted by Crippen LogP contribution is -2.57. The first-order chi connectivity index (χ1) is 26.8. The average molecular weight is 768 g/mol. The van der Waals surface area contributed by atoms with Crippen molar-refractivity contribution in [3.63, 3.8) is 0 Å². The molecule has 1 aromatic heterocycles. The van der Waals surface area contributed by atoms with Gasteiger partial charge in [-0.05, 0) is 99.1 Å². The highest BCUT2D eigenvalue weighted by Gasteiger charge is 2.44. The van der Waals surface area contributed by atoms with Gasteiger partial charge in [0.1, 0.15) is 18.1 Å². The van der Waals surface area contributed by atoms with Gasteiger partial charge < -0.3 is 25.2 Å². The molecule has 4 amide bonds. The second-order valence-electron chi connectivity index (χ2n) is 14.9. The number of nitrogens with zero attached hydrogens (tertiary/aromatic N) is 3. The Kier molecular flexibility index (Phi) is 14.4. The summed E-state index contributed by atoms with van der Waals surface area (Å²) in [5, 5.41) is 6.10. The minimum Gasteiger partial charge on any atom is -0.467 e. The van der Waals surface area contributed by atoms with Gasteiger partial charge in [-0.2, -0.15) is 0 Å². The smallest absolute Gasteiger partial charge is 0.328 e. The summed E-state index contributed by atoms with van der Waals surface area (Å²) >= 11 is 1.65. The van der Waals surface area contributed by atoms with Gasteiger partial charge in [0.25, 0.3) is 0 Å². The molecule has 0 saturated carbocycles. The molecule has 0 spiro atoms. The third-order valence-corrected chi connectivity index (χ3v) is 12.4. The Bertz CT molecular complexity index is 1750. The van der Waals surface area contributed by atoms with Gasteiger partial charge in [0.15, 0.2) is 0 Å². The third kappa shape index (κ3) is 10.7. The number of thioether (sulfide) groups is 1. The van der Waals surface area contributed by atoms with Gasteiger partial charge in [0.05, 0.1) is 12.5 Å². The standard InChI is InChI=1S/C43H53N5O6S/c1-54-43(53)37-18-10-19-38-48(37)42(52)36(22-25-55-38)46-40(50)34(27-31-14-6-3-7-15-31)21-20-33(26-30-12-4-2-5-13-30)39(49)45-35-17-8-9-24-47(41(35)51)29-32-16-11-23-44-28-32/h2-7,11-16,23,28,33-38H,8-10,17-22,24-27,29H2,1H3,(H,45,49)(H,46,50). The molecule has 3 aliphatic rings. The summed E-state index contributed by atoms with van der Waals surface area (Å²) in [6.07, 6.45) is 10.0. The van der Waals surface area contributed by atoms with Crippen LogP contribution in [0.5, 0.6) is 0 Å². The van der Waals surface area contributed by atoms with E-state index in [4.69, 9.17) is 4.74 Å². The van der Waals surface area contributed by atoms with Gasteiger partial charge in [-0.3, -0.25) is 24.2 Å². The van der Waals surface area contributed by atoms with E-state index < -0.39 is 35.9 Å². The van der Waals surface area contributed by atoms with E-state index >= 15 is 0 Å². The molecule has 0 radical (unpaired) electrons. The number of pyridine rings is 1. The second-order valence-corrected chi connectivity index (χ2v) is 16.2. The summed E-state index contributed by atoms with van der Waals surface area (Å²) in [6.45, 7) is 1.06.